The maximum absolute atomic E-state index is 12.6. The van der Waals surface area contributed by atoms with E-state index in [1.807, 2.05) is 22.9 Å². The van der Waals surface area contributed by atoms with Gasteiger partial charge in [0, 0.05) is 28.2 Å². The van der Waals surface area contributed by atoms with Crippen molar-refractivity contribution < 1.29 is 9.53 Å². The number of H-pyrrole nitrogens is 1. The zero-order valence-electron chi connectivity index (χ0n) is 13.6. The van der Waals surface area contributed by atoms with E-state index in [-0.39, 0.29) is 5.56 Å². The second-order valence-electron chi connectivity index (χ2n) is 5.55. The molecule has 1 N–H and O–H groups in total. The van der Waals surface area contributed by atoms with E-state index >= 15 is 0 Å². The third kappa shape index (κ3) is 3.04. The number of hydrogen-bond acceptors (Lipinski definition) is 7. The molecule has 4 rings (SSSR count). The number of carbonyl (C=O) groups excluding carboxylic acids is 1. The van der Waals surface area contributed by atoms with E-state index in [4.69, 9.17) is 4.74 Å². The van der Waals surface area contributed by atoms with Crippen LogP contribution in [0.2, 0.25) is 0 Å². The molecule has 0 radical (unpaired) electrons. The Bertz CT molecular complexity index is 1120. The van der Waals surface area contributed by atoms with Crippen LogP contribution >= 0.6 is 22.7 Å². The lowest BCUT2D eigenvalue weighted by atomic mass is 10.2. The molecule has 1 unspecified atom stereocenters. The molecule has 4 aromatic rings. The summed E-state index contributed by atoms with van der Waals surface area (Å²) in [5.74, 6) is -0.196. The monoisotopic (exact) mass is 383 g/mol. The first-order chi connectivity index (χ1) is 12.6. The number of thiophene rings is 2. The molecule has 0 amide bonds. The first-order valence-electron chi connectivity index (χ1n) is 7.80. The van der Waals surface area contributed by atoms with E-state index in [1.54, 1.807) is 36.6 Å². The van der Waals surface area contributed by atoms with E-state index in [9.17, 15) is 9.59 Å². The predicted molar refractivity (Wildman–Crippen MR) is 102 cm³/mol. The summed E-state index contributed by atoms with van der Waals surface area (Å²) in [6.45, 7) is 1.67. The fourth-order valence-corrected chi connectivity index (χ4v) is 4.31. The van der Waals surface area contributed by atoms with Gasteiger partial charge in [-0.1, -0.05) is 6.07 Å². The van der Waals surface area contributed by atoms with Crippen LogP contribution in [0.15, 0.2) is 52.2 Å². The molecular weight excluding hydrogens is 370 g/mol. The largest absolute Gasteiger partial charge is 0.451 e. The number of ether oxygens (including phenoxy) is 1. The van der Waals surface area contributed by atoms with Gasteiger partial charge in [0.15, 0.2) is 11.9 Å². The van der Waals surface area contributed by atoms with Gasteiger partial charge in [0.25, 0.3) is 5.56 Å². The molecule has 26 heavy (non-hydrogen) atoms. The highest BCUT2D eigenvalue weighted by Gasteiger charge is 2.19. The summed E-state index contributed by atoms with van der Waals surface area (Å²) in [4.78, 5) is 37.5. The van der Waals surface area contributed by atoms with E-state index < -0.39 is 12.1 Å². The van der Waals surface area contributed by atoms with Gasteiger partial charge in [-0.15, -0.1) is 22.7 Å². The van der Waals surface area contributed by atoms with Gasteiger partial charge in [0.05, 0.1) is 10.9 Å². The number of nitrogens with one attached hydrogen (secondary N) is 1. The van der Waals surface area contributed by atoms with Crippen molar-refractivity contribution in [1.29, 1.82) is 0 Å². The number of nitrogens with zero attached hydrogens (tertiary/aromatic N) is 2. The Balaban J connectivity index is 1.65. The number of hydrogen-bond donors (Lipinski definition) is 1. The average Bonchev–Trinajstić information content (AvgIpc) is 3.31. The summed E-state index contributed by atoms with van der Waals surface area (Å²) in [5.41, 5.74) is 0.984. The highest BCUT2D eigenvalue weighted by atomic mass is 32.1. The number of esters is 1. The molecule has 0 spiro atoms. The highest BCUT2D eigenvalue weighted by molar-refractivity contribution is 7.18. The van der Waals surface area contributed by atoms with Gasteiger partial charge in [0.2, 0.25) is 0 Å². The van der Waals surface area contributed by atoms with Crippen LogP contribution in [-0.4, -0.2) is 20.9 Å². The van der Waals surface area contributed by atoms with Crippen molar-refractivity contribution in [3.05, 3.63) is 69.2 Å². The van der Waals surface area contributed by atoms with Gasteiger partial charge in [0.1, 0.15) is 4.83 Å². The highest BCUT2D eigenvalue weighted by Crippen LogP contribution is 2.33. The molecule has 8 heteroatoms. The lowest BCUT2D eigenvalue weighted by Crippen LogP contribution is -2.17. The van der Waals surface area contributed by atoms with E-state index in [0.717, 1.165) is 10.4 Å². The third-order valence-corrected chi connectivity index (χ3v) is 5.59. The van der Waals surface area contributed by atoms with Crippen molar-refractivity contribution >= 4 is 38.9 Å². The van der Waals surface area contributed by atoms with E-state index in [1.165, 1.54) is 17.5 Å². The Labute approximate surface area is 156 Å². The van der Waals surface area contributed by atoms with Crippen LogP contribution in [-0.2, 0) is 4.74 Å². The van der Waals surface area contributed by atoms with Crippen LogP contribution in [0.1, 0.15) is 29.2 Å². The molecule has 0 aromatic carbocycles. The summed E-state index contributed by atoms with van der Waals surface area (Å²) in [6, 6.07) is 7.19. The molecule has 0 saturated carbocycles. The topological polar surface area (TPSA) is 84.9 Å². The Kier molecular flexibility index (Phi) is 4.36. The van der Waals surface area contributed by atoms with Crippen LogP contribution < -0.4 is 5.56 Å². The Morgan fingerprint density at radius 1 is 1.27 bits per heavy atom. The number of aromatic nitrogens is 3. The second-order valence-corrected chi connectivity index (χ2v) is 7.35. The smallest absolute Gasteiger partial charge is 0.340 e. The minimum absolute atomic E-state index is 0.237. The number of fused-ring (bicyclic) bond motifs is 1. The summed E-state index contributed by atoms with van der Waals surface area (Å²) in [7, 11) is 0. The minimum Gasteiger partial charge on any atom is -0.451 e. The lowest BCUT2D eigenvalue weighted by Gasteiger charge is -2.12. The average molecular weight is 383 g/mol. The molecule has 130 valence electrons. The summed E-state index contributed by atoms with van der Waals surface area (Å²) >= 11 is 2.97. The van der Waals surface area contributed by atoms with Crippen molar-refractivity contribution in [3.63, 3.8) is 0 Å². The SMILES string of the molecule is CC(OC(=O)c1cccnc1)c1nc2scc(-c3cccs3)c2c(=O)[nH]1. The molecule has 0 bridgehead atoms. The molecule has 4 aromatic heterocycles. The minimum atomic E-state index is -0.688. The lowest BCUT2D eigenvalue weighted by molar-refractivity contribution is 0.0319. The summed E-state index contributed by atoms with van der Waals surface area (Å²) in [5, 5.41) is 4.45. The van der Waals surface area contributed by atoms with Crippen LogP contribution in [0.3, 0.4) is 0 Å². The predicted octanol–water partition coefficient (Wildman–Crippen LogP) is 4.03. The fraction of sp³-hybridized carbons (Fsp3) is 0.111. The Morgan fingerprint density at radius 2 is 2.15 bits per heavy atom. The van der Waals surface area contributed by atoms with Gasteiger partial charge in [-0.2, -0.15) is 0 Å². The zero-order chi connectivity index (χ0) is 18.1. The normalized spacial score (nSPS) is 12.2. The number of pyridine rings is 1. The van der Waals surface area contributed by atoms with Crippen molar-refractivity contribution in [2.75, 3.05) is 0 Å². The second kappa shape index (κ2) is 6.81. The van der Waals surface area contributed by atoms with Crippen molar-refractivity contribution in [2.24, 2.45) is 0 Å². The van der Waals surface area contributed by atoms with Gasteiger partial charge in [-0.25, -0.2) is 9.78 Å². The summed E-state index contributed by atoms with van der Waals surface area (Å²) < 4.78 is 5.40. The van der Waals surface area contributed by atoms with Gasteiger partial charge in [-0.3, -0.25) is 9.78 Å². The molecule has 0 aliphatic heterocycles. The molecule has 0 saturated heterocycles. The van der Waals surface area contributed by atoms with Gasteiger partial charge in [-0.05, 0) is 30.5 Å². The van der Waals surface area contributed by atoms with E-state index in [0.29, 0.717) is 21.6 Å². The first kappa shape index (κ1) is 16.6. The van der Waals surface area contributed by atoms with Gasteiger partial charge >= 0.3 is 5.97 Å². The van der Waals surface area contributed by atoms with Crippen molar-refractivity contribution in [1.82, 2.24) is 15.0 Å². The molecule has 6 nitrogen and oxygen atoms in total. The molecule has 1 atom stereocenters. The van der Waals surface area contributed by atoms with Crippen LogP contribution in [0, 0.1) is 0 Å². The number of rotatable bonds is 4. The molecule has 0 aliphatic carbocycles. The Morgan fingerprint density at radius 3 is 2.88 bits per heavy atom. The van der Waals surface area contributed by atoms with Crippen molar-refractivity contribution in [3.8, 4) is 10.4 Å². The van der Waals surface area contributed by atoms with Gasteiger partial charge < -0.3 is 9.72 Å². The maximum Gasteiger partial charge on any atom is 0.340 e. The van der Waals surface area contributed by atoms with E-state index in [2.05, 4.69) is 15.0 Å². The number of aromatic amines is 1. The summed E-state index contributed by atoms with van der Waals surface area (Å²) in [6.07, 6.45) is 2.32. The van der Waals surface area contributed by atoms with Crippen LogP contribution in [0.4, 0.5) is 0 Å². The first-order valence-corrected chi connectivity index (χ1v) is 9.55. The Hall–Kier alpha value is -2.84. The standard InChI is InChI=1S/C18H13N3O3S2/c1-10(24-18(23)11-4-2-6-19-8-11)15-20-16(22)14-12(9-26-17(14)21-15)13-5-3-7-25-13/h2-10H,1H3,(H,20,21,22). The molecule has 4 heterocycles. The quantitative estimate of drug-likeness (QED) is 0.538. The van der Waals surface area contributed by atoms with Crippen LogP contribution in [0.5, 0.6) is 0 Å². The van der Waals surface area contributed by atoms with Crippen LogP contribution in [0.25, 0.3) is 20.7 Å². The third-order valence-electron chi connectivity index (χ3n) is 3.82. The molecule has 0 fully saturated rings. The fourth-order valence-electron chi connectivity index (χ4n) is 2.54. The molecular formula is C18H13N3O3S2. The van der Waals surface area contributed by atoms with Crippen molar-refractivity contribution in [2.45, 2.75) is 13.0 Å². The zero-order valence-corrected chi connectivity index (χ0v) is 15.3. The number of carbonyl (C=O) groups is 1. The maximum atomic E-state index is 12.6. The molecule has 0 aliphatic rings.